The summed E-state index contributed by atoms with van der Waals surface area (Å²) in [5.74, 6) is 0.0429. The Kier molecular flexibility index (Phi) is 2.57. The van der Waals surface area contributed by atoms with Crippen molar-refractivity contribution in [2.75, 3.05) is 18.4 Å². The summed E-state index contributed by atoms with van der Waals surface area (Å²) in [6.45, 7) is 1.37. The van der Waals surface area contributed by atoms with Gasteiger partial charge in [-0.3, -0.25) is 9.59 Å². The number of hydrogen-bond acceptors (Lipinski definition) is 3. The van der Waals surface area contributed by atoms with Crippen LogP contribution in [0.25, 0.3) is 0 Å². The molecule has 0 aliphatic carbocycles. The van der Waals surface area contributed by atoms with Gasteiger partial charge in [-0.05, 0) is 36.6 Å². The van der Waals surface area contributed by atoms with Gasteiger partial charge in [-0.1, -0.05) is 0 Å². The van der Waals surface area contributed by atoms with Crippen LogP contribution in [0.4, 0.5) is 5.69 Å². The van der Waals surface area contributed by atoms with Crippen LogP contribution in [0.1, 0.15) is 28.8 Å². The fourth-order valence-electron chi connectivity index (χ4n) is 3.33. The molecule has 1 aromatic carbocycles. The number of nitrogens with zero attached hydrogens (tertiary/aromatic N) is 1. The first-order valence-electron chi connectivity index (χ1n) is 7.06. The molecular weight excluding hydrogens is 256 g/mol. The number of hydrogen-bond donors (Lipinski definition) is 1. The first-order valence-corrected chi connectivity index (χ1v) is 7.06. The molecule has 5 heteroatoms. The number of amides is 2. The predicted octanol–water partition coefficient (Wildman–Crippen LogP) is 1.18. The first-order chi connectivity index (χ1) is 9.69. The minimum Gasteiger partial charge on any atom is -0.371 e. The fourth-order valence-corrected chi connectivity index (χ4v) is 3.33. The normalized spacial score (nSPS) is 27.4. The highest BCUT2D eigenvalue weighted by Gasteiger charge is 2.36. The summed E-state index contributed by atoms with van der Waals surface area (Å²) >= 11 is 0. The van der Waals surface area contributed by atoms with E-state index in [4.69, 9.17) is 4.74 Å². The molecule has 2 bridgehead atoms. The van der Waals surface area contributed by atoms with Crippen molar-refractivity contribution in [2.24, 2.45) is 0 Å². The summed E-state index contributed by atoms with van der Waals surface area (Å²) in [6.07, 6.45) is 2.88. The van der Waals surface area contributed by atoms with Crippen LogP contribution in [0.5, 0.6) is 0 Å². The Labute approximate surface area is 116 Å². The second-order valence-electron chi connectivity index (χ2n) is 5.76. The minimum absolute atomic E-state index is 0.00554. The number of benzene rings is 1. The monoisotopic (exact) mass is 272 g/mol. The molecular formula is C15H16N2O3. The number of nitrogens with one attached hydrogen (secondary N) is 1. The quantitative estimate of drug-likeness (QED) is 0.835. The maximum absolute atomic E-state index is 12.6. The Hall–Kier alpha value is -1.88. The minimum atomic E-state index is -0.00554. The summed E-state index contributed by atoms with van der Waals surface area (Å²) in [7, 11) is 0. The lowest BCUT2D eigenvalue weighted by Gasteiger charge is -2.32. The zero-order chi connectivity index (χ0) is 13.7. The van der Waals surface area contributed by atoms with Crippen molar-refractivity contribution in [1.29, 1.82) is 0 Å². The summed E-state index contributed by atoms with van der Waals surface area (Å²) in [6, 6.07) is 5.46. The molecule has 0 spiro atoms. The molecule has 2 amide bonds. The molecule has 0 radical (unpaired) electrons. The van der Waals surface area contributed by atoms with Gasteiger partial charge in [0.05, 0.1) is 18.6 Å². The molecule has 2 atom stereocenters. The Bertz CT molecular complexity index is 587. The van der Waals surface area contributed by atoms with Crippen LogP contribution >= 0.6 is 0 Å². The maximum Gasteiger partial charge on any atom is 0.254 e. The third kappa shape index (κ3) is 1.89. The molecule has 2 unspecified atom stereocenters. The van der Waals surface area contributed by atoms with Crippen molar-refractivity contribution in [2.45, 2.75) is 31.5 Å². The largest absolute Gasteiger partial charge is 0.371 e. The van der Waals surface area contributed by atoms with E-state index in [0.29, 0.717) is 25.1 Å². The van der Waals surface area contributed by atoms with Crippen LogP contribution < -0.4 is 5.32 Å². The Morgan fingerprint density at radius 3 is 2.75 bits per heavy atom. The van der Waals surface area contributed by atoms with Crippen LogP contribution in [-0.2, 0) is 16.0 Å². The van der Waals surface area contributed by atoms with Gasteiger partial charge >= 0.3 is 0 Å². The van der Waals surface area contributed by atoms with Gasteiger partial charge in [0.25, 0.3) is 5.91 Å². The van der Waals surface area contributed by atoms with Crippen LogP contribution in [0.15, 0.2) is 18.2 Å². The summed E-state index contributed by atoms with van der Waals surface area (Å²) in [4.78, 5) is 25.8. The highest BCUT2D eigenvalue weighted by atomic mass is 16.5. The lowest BCUT2D eigenvalue weighted by Crippen LogP contribution is -2.45. The second kappa shape index (κ2) is 4.31. The molecule has 0 aromatic heterocycles. The molecule has 5 nitrogen and oxygen atoms in total. The van der Waals surface area contributed by atoms with Gasteiger partial charge in [0, 0.05) is 24.3 Å². The Morgan fingerprint density at radius 1 is 1.25 bits per heavy atom. The molecule has 20 heavy (non-hydrogen) atoms. The van der Waals surface area contributed by atoms with Crippen LogP contribution in [0.2, 0.25) is 0 Å². The van der Waals surface area contributed by atoms with E-state index in [1.54, 1.807) is 6.07 Å². The van der Waals surface area contributed by atoms with E-state index in [9.17, 15) is 9.59 Å². The highest BCUT2D eigenvalue weighted by Crippen LogP contribution is 2.28. The molecule has 2 fully saturated rings. The third-order valence-electron chi connectivity index (χ3n) is 4.31. The molecule has 3 aliphatic rings. The van der Waals surface area contributed by atoms with E-state index in [1.165, 1.54) is 0 Å². The van der Waals surface area contributed by atoms with E-state index >= 15 is 0 Å². The molecule has 2 saturated heterocycles. The molecule has 104 valence electrons. The van der Waals surface area contributed by atoms with Crippen LogP contribution in [0.3, 0.4) is 0 Å². The fraction of sp³-hybridized carbons (Fsp3) is 0.467. The highest BCUT2D eigenvalue weighted by molar-refractivity contribution is 6.01. The lowest BCUT2D eigenvalue weighted by atomic mass is 10.1. The summed E-state index contributed by atoms with van der Waals surface area (Å²) in [5.41, 5.74) is 2.41. The van der Waals surface area contributed by atoms with E-state index in [0.717, 1.165) is 24.1 Å². The number of carbonyl (C=O) groups is 2. The summed E-state index contributed by atoms with van der Waals surface area (Å²) < 4.78 is 5.75. The van der Waals surface area contributed by atoms with Crippen molar-refractivity contribution in [3.05, 3.63) is 29.3 Å². The molecule has 3 aliphatic heterocycles. The smallest absolute Gasteiger partial charge is 0.254 e. The second-order valence-corrected chi connectivity index (χ2v) is 5.76. The topological polar surface area (TPSA) is 58.6 Å². The van der Waals surface area contributed by atoms with Crippen molar-refractivity contribution < 1.29 is 14.3 Å². The lowest BCUT2D eigenvalue weighted by molar-refractivity contribution is -0.115. The average Bonchev–Trinajstić information content (AvgIpc) is 2.98. The molecule has 1 N–H and O–H groups in total. The first kappa shape index (κ1) is 11.9. The van der Waals surface area contributed by atoms with Crippen LogP contribution in [-0.4, -0.2) is 42.0 Å². The van der Waals surface area contributed by atoms with E-state index in [-0.39, 0.29) is 24.0 Å². The molecule has 1 aromatic rings. The third-order valence-corrected chi connectivity index (χ3v) is 4.31. The van der Waals surface area contributed by atoms with Gasteiger partial charge in [0.2, 0.25) is 5.91 Å². The van der Waals surface area contributed by atoms with Gasteiger partial charge in [-0.2, -0.15) is 0 Å². The Morgan fingerprint density at radius 2 is 2.00 bits per heavy atom. The number of anilines is 1. The van der Waals surface area contributed by atoms with E-state index in [2.05, 4.69) is 5.32 Å². The number of rotatable bonds is 1. The van der Waals surface area contributed by atoms with E-state index in [1.807, 2.05) is 17.0 Å². The van der Waals surface area contributed by atoms with Gasteiger partial charge in [-0.25, -0.2) is 0 Å². The molecule has 3 heterocycles. The predicted molar refractivity (Wildman–Crippen MR) is 72.6 cm³/mol. The van der Waals surface area contributed by atoms with Crippen molar-refractivity contribution >= 4 is 17.5 Å². The van der Waals surface area contributed by atoms with Gasteiger partial charge < -0.3 is 15.0 Å². The Balaban J connectivity index is 1.57. The standard InChI is InChI=1S/C15H16N2O3/c18-14-6-10-5-9(1-4-13(10)16-14)15(19)17-7-11-2-3-12(8-17)20-11/h1,4-5,11-12H,2-3,6-8H2,(H,16,18). The average molecular weight is 272 g/mol. The number of ether oxygens (including phenoxy) is 1. The zero-order valence-corrected chi connectivity index (χ0v) is 11.1. The number of fused-ring (bicyclic) bond motifs is 3. The molecule has 0 saturated carbocycles. The van der Waals surface area contributed by atoms with Crippen LogP contribution in [0, 0.1) is 0 Å². The molecule has 4 rings (SSSR count). The van der Waals surface area contributed by atoms with Gasteiger partial charge in [0.15, 0.2) is 0 Å². The number of morpholine rings is 1. The van der Waals surface area contributed by atoms with Gasteiger partial charge in [-0.15, -0.1) is 0 Å². The van der Waals surface area contributed by atoms with Crippen molar-refractivity contribution in [3.8, 4) is 0 Å². The number of carbonyl (C=O) groups excluding carboxylic acids is 2. The number of likely N-dealkylation sites (tertiary alicyclic amines) is 1. The summed E-state index contributed by atoms with van der Waals surface area (Å²) in [5, 5.41) is 2.78. The van der Waals surface area contributed by atoms with Crippen molar-refractivity contribution in [3.63, 3.8) is 0 Å². The zero-order valence-electron chi connectivity index (χ0n) is 11.1. The SMILES string of the molecule is O=C1Cc2cc(C(=O)N3CC4CCC(C3)O4)ccc2N1. The van der Waals surface area contributed by atoms with Gasteiger partial charge in [0.1, 0.15) is 0 Å². The van der Waals surface area contributed by atoms with Crippen molar-refractivity contribution in [1.82, 2.24) is 4.90 Å². The maximum atomic E-state index is 12.6. The van der Waals surface area contributed by atoms with E-state index < -0.39 is 0 Å².